The predicted molar refractivity (Wildman–Crippen MR) is 115 cm³/mol. The van der Waals surface area contributed by atoms with Gasteiger partial charge in [-0.1, -0.05) is 37.2 Å². The Morgan fingerprint density at radius 1 is 1.21 bits per heavy atom. The van der Waals surface area contributed by atoms with Crippen LogP contribution in [0, 0.1) is 0 Å². The lowest BCUT2D eigenvalue weighted by Crippen LogP contribution is -2.38. The fourth-order valence-electron chi connectivity index (χ4n) is 3.16. The SMILES string of the molecule is CCC(CC)c1cc(CNC(=NC)NCC(O)c2cc3ccccc3s2)on1. The molecule has 0 aliphatic heterocycles. The molecule has 2 aromatic heterocycles. The van der Waals surface area contributed by atoms with Crippen LogP contribution in [0.15, 0.2) is 45.9 Å². The number of nitrogens with one attached hydrogen (secondary N) is 2. The third-order valence-corrected chi connectivity index (χ3v) is 6.09. The molecule has 2 heterocycles. The molecule has 0 bridgehead atoms. The van der Waals surface area contributed by atoms with E-state index < -0.39 is 6.10 Å². The van der Waals surface area contributed by atoms with Gasteiger partial charge in [-0.15, -0.1) is 11.3 Å². The highest BCUT2D eigenvalue weighted by molar-refractivity contribution is 7.19. The lowest BCUT2D eigenvalue weighted by atomic mass is 9.99. The highest BCUT2D eigenvalue weighted by Crippen LogP contribution is 2.29. The number of rotatable bonds is 8. The summed E-state index contributed by atoms with van der Waals surface area (Å²) in [4.78, 5) is 5.15. The summed E-state index contributed by atoms with van der Waals surface area (Å²) in [5, 5.41) is 22.2. The standard InChI is InChI=1S/C21H28N4O2S/c1-4-14(5-2)17-11-16(27-25-17)12-23-21(22-3)24-13-18(26)20-10-15-8-6-7-9-19(15)28-20/h6-11,14,18,26H,4-5,12-13H2,1-3H3,(H2,22,23,24). The van der Waals surface area contributed by atoms with Gasteiger partial charge in [0.15, 0.2) is 11.7 Å². The molecule has 1 unspecified atom stereocenters. The first-order valence-electron chi connectivity index (χ1n) is 9.71. The minimum Gasteiger partial charge on any atom is -0.386 e. The zero-order valence-electron chi connectivity index (χ0n) is 16.6. The average molecular weight is 401 g/mol. The molecule has 7 heteroatoms. The lowest BCUT2D eigenvalue weighted by Gasteiger charge is -2.13. The van der Waals surface area contributed by atoms with Crippen LogP contribution < -0.4 is 10.6 Å². The zero-order chi connectivity index (χ0) is 19.9. The van der Waals surface area contributed by atoms with Crippen molar-refractivity contribution in [2.24, 2.45) is 4.99 Å². The summed E-state index contributed by atoms with van der Waals surface area (Å²) in [5.74, 6) is 1.82. The van der Waals surface area contributed by atoms with Crippen molar-refractivity contribution in [2.75, 3.05) is 13.6 Å². The Bertz CT molecular complexity index is 881. The topological polar surface area (TPSA) is 82.7 Å². The minimum atomic E-state index is -0.595. The molecule has 1 aromatic carbocycles. The summed E-state index contributed by atoms with van der Waals surface area (Å²) in [5.41, 5.74) is 1.00. The van der Waals surface area contributed by atoms with Crippen LogP contribution in [0.2, 0.25) is 0 Å². The zero-order valence-corrected chi connectivity index (χ0v) is 17.4. The smallest absolute Gasteiger partial charge is 0.191 e. The Kier molecular flexibility index (Phi) is 7.06. The van der Waals surface area contributed by atoms with Gasteiger partial charge in [-0.05, 0) is 30.4 Å². The number of nitrogens with zero attached hydrogens (tertiary/aromatic N) is 2. The fourth-order valence-corrected chi connectivity index (χ4v) is 4.21. The average Bonchev–Trinajstić information content (AvgIpc) is 3.36. The molecule has 0 aliphatic rings. The molecule has 0 fully saturated rings. The number of aliphatic hydroxyl groups excluding tert-OH is 1. The molecule has 0 amide bonds. The van der Waals surface area contributed by atoms with Crippen LogP contribution in [0.3, 0.4) is 0 Å². The van der Waals surface area contributed by atoms with Gasteiger partial charge >= 0.3 is 0 Å². The number of fused-ring (bicyclic) bond motifs is 1. The van der Waals surface area contributed by atoms with Crippen LogP contribution in [0.25, 0.3) is 10.1 Å². The maximum Gasteiger partial charge on any atom is 0.191 e. The first-order chi connectivity index (χ1) is 13.6. The molecule has 1 atom stereocenters. The van der Waals surface area contributed by atoms with E-state index in [0.717, 1.165) is 34.6 Å². The molecule has 6 nitrogen and oxygen atoms in total. The second kappa shape index (κ2) is 9.71. The van der Waals surface area contributed by atoms with Crippen LogP contribution in [-0.2, 0) is 6.54 Å². The summed E-state index contributed by atoms with van der Waals surface area (Å²) in [6.45, 7) is 5.19. The number of hydrogen-bond acceptors (Lipinski definition) is 5. The Morgan fingerprint density at radius 3 is 2.71 bits per heavy atom. The summed E-state index contributed by atoms with van der Waals surface area (Å²) in [6, 6.07) is 12.2. The predicted octanol–water partition coefficient (Wildman–Crippen LogP) is 4.19. The molecular formula is C21H28N4O2S. The summed E-state index contributed by atoms with van der Waals surface area (Å²) < 4.78 is 6.61. The van der Waals surface area contributed by atoms with Crippen molar-refractivity contribution in [1.29, 1.82) is 0 Å². The van der Waals surface area contributed by atoms with Crippen LogP contribution in [-0.4, -0.2) is 29.8 Å². The third-order valence-electron chi connectivity index (χ3n) is 4.87. The van der Waals surface area contributed by atoms with E-state index in [1.165, 1.54) is 4.70 Å². The van der Waals surface area contributed by atoms with E-state index in [4.69, 9.17) is 4.52 Å². The van der Waals surface area contributed by atoms with Crippen molar-refractivity contribution in [3.8, 4) is 0 Å². The molecule has 0 aliphatic carbocycles. The van der Waals surface area contributed by atoms with E-state index in [1.54, 1.807) is 18.4 Å². The third kappa shape index (κ3) is 4.91. The van der Waals surface area contributed by atoms with Gasteiger partial charge < -0.3 is 20.3 Å². The summed E-state index contributed by atoms with van der Waals surface area (Å²) >= 11 is 1.61. The Morgan fingerprint density at radius 2 is 2.00 bits per heavy atom. The van der Waals surface area contributed by atoms with E-state index >= 15 is 0 Å². The summed E-state index contributed by atoms with van der Waals surface area (Å²) in [7, 11) is 1.71. The van der Waals surface area contributed by atoms with Crippen LogP contribution in [0.5, 0.6) is 0 Å². The molecule has 28 heavy (non-hydrogen) atoms. The van der Waals surface area contributed by atoms with Gasteiger partial charge in [-0.3, -0.25) is 4.99 Å². The maximum atomic E-state index is 10.5. The number of aliphatic imine (C=N–C) groups is 1. The highest BCUT2D eigenvalue weighted by atomic mass is 32.1. The van der Waals surface area contributed by atoms with Gasteiger partial charge in [0, 0.05) is 35.2 Å². The Hall–Kier alpha value is -2.38. The number of thiophene rings is 1. The molecule has 0 saturated heterocycles. The van der Waals surface area contributed by atoms with Gasteiger partial charge in [-0.2, -0.15) is 0 Å². The number of aromatic nitrogens is 1. The van der Waals surface area contributed by atoms with E-state index in [1.807, 2.05) is 24.3 Å². The molecule has 3 N–H and O–H groups in total. The monoisotopic (exact) mass is 400 g/mol. The van der Waals surface area contributed by atoms with E-state index in [9.17, 15) is 5.11 Å². The van der Waals surface area contributed by atoms with Crippen LogP contribution >= 0.6 is 11.3 Å². The van der Waals surface area contributed by atoms with E-state index in [0.29, 0.717) is 25.0 Å². The molecule has 0 spiro atoms. The number of hydrogen-bond donors (Lipinski definition) is 3. The van der Waals surface area contributed by atoms with Gasteiger partial charge in [-0.25, -0.2) is 0 Å². The second-order valence-electron chi connectivity index (χ2n) is 6.74. The normalized spacial score (nSPS) is 13.2. The van der Waals surface area contributed by atoms with Gasteiger partial charge in [0.2, 0.25) is 0 Å². The number of benzene rings is 1. The van der Waals surface area contributed by atoms with E-state index in [-0.39, 0.29) is 0 Å². The molecule has 3 rings (SSSR count). The minimum absolute atomic E-state index is 0.377. The summed E-state index contributed by atoms with van der Waals surface area (Å²) in [6.07, 6.45) is 1.51. The Balaban J connectivity index is 1.52. The molecule has 3 aromatic rings. The van der Waals surface area contributed by atoms with Crippen molar-refractivity contribution in [3.05, 3.63) is 52.7 Å². The number of aliphatic hydroxyl groups is 1. The van der Waals surface area contributed by atoms with Crippen molar-refractivity contribution in [3.63, 3.8) is 0 Å². The van der Waals surface area contributed by atoms with Crippen LogP contribution in [0.1, 0.15) is 55.0 Å². The van der Waals surface area contributed by atoms with Crippen molar-refractivity contribution in [2.45, 2.75) is 45.3 Å². The quantitative estimate of drug-likeness (QED) is 0.390. The van der Waals surface area contributed by atoms with Crippen molar-refractivity contribution in [1.82, 2.24) is 15.8 Å². The van der Waals surface area contributed by atoms with E-state index in [2.05, 4.69) is 46.8 Å². The first kappa shape index (κ1) is 20.4. The second-order valence-corrected chi connectivity index (χ2v) is 7.86. The lowest BCUT2D eigenvalue weighted by molar-refractivity contribution is 0.184. The molecule has 0 radical (unpaired) electrons. The number of guanidine groups is 1. The molecular weight excluding hydrogens is 372 g/mol. The Labute approximate surface area is 169 Å². The highest BCUT2D eigenvalue weighted by Gasteiger charge is 2.14. The van der Waals surface area contributed by atoms with Gasteiger partial charge in [0.05, 0.1) is 12.2 Å². The molecule has 150 valence electrons. The van der Waals surface area contributed by atoms with Crippen LogP contribution in [0.4, 0.5) is 0 Å². The van der Waals surface area contributed by atoms with Crippen molar-refractivity contribution >= 4 is 27.4 Å². The maximum absolute atomic E-state index is 10.5. The van der Waals surface area contributed by atoms with Gasteiger partial charge in [0.25, 0.3) is 0 Å². The van der Waals surface area contributed by atoms with Crippen molar-refractivity contribution < 1.29 is 9.63 Å². The molecule has 0 saturated carbocycles. The fraction of sp³-hybridized carbons (Fsp3) is 0.429. The largest absolute Gasteiger partial charge is 0.386 e. The first-order valence-corrected chi connectivity index (χ1v) is 10.5. The van der Waals surface area contributed by atoms with Gasteiger partial charge in [0.1, 0.15) is 6.10 Å².